The molecule has 0 saturated heterocycles. The summed E-state index contributed by atoms with van der Waals surface area (Å²) in [4.78, 5) is 23.4. The third-order valence-corrected chi connectivity index (χ3v) is 4.37. The molecule has 0 aliphatic carbocycles. The van der Waals surface area contributed by atoms with Crippen LogP contribution in [0.25, 0.3) is 0 Å². The van der Waals surface area contributed by atoms with Crippen LogP contribution in [0.5, 0.6) is 0 Å². The summed E-state index contributed by atoms with van der Waals surface area (Å²) in [5, 5.41) is 11.8. The Kier molecular flexibility index (Phi) is 4.72. The van der Waals surface area contributed by atoms with Crippen molar-refractivity contribution >= 4 is 39.0 Å². The van der Waals surface area contributed by atoms with Crippen molar-refractivity contribution in [3.8, 4) is 0 Å². The lowest BCUT2D eigenvalue weighted by molar-refractivity contribution is 0.0698. The molecule has 0 bridgehead atoms. The van der Waals surface area contributed by atoms with Gasteiger partial charge in [-0.15, -0.1) is 0 Å². The van der Waals surface area contributed by atoms with Crippen molar-refractivity contribution in [2.45, 2.75) is 4.90 Å². The molecule has 0 unspecified atom stereocenters. The lowest BCUT2D eigenvalue weighted by Crippen LogP contribution is -2.15. The van der Waals surface area contributed by atoms with E-state index < -0.39 is 21.7 Å². The van der Waals surface area contributed by atoms with Crippen LogP contribution in [-0.4, -0.2) is 31.7 Å². The molecule has 0 heterocycles. The number of carboxylic acids is 1. The molecule has 2 rings (SSSR count). The van der Waals surface area contributed by atoms with Crippen molar-refractivity contribution in [1.82, 2.24) is 0 Å². The molecule has 0 aliphatic rings. The van der Waals surface area contributed by atoms with Gasteiger partial charge in [0.25, 0.3) is 5.91 Å². The van der Waals surface area contributed by atoms with Crippen molar-refractivity contribution in [3.05, 3.63) is 58.6 Å². The summed E-state index contributed by atoms with van der Waals surface area (Å²) < 4.78 is 22.8. The Hall–Kier alpha value is -2.38. The second-order valence-electron chi connectivity index (χ2n) is 4.75. The number of rotatable bonds is 4. The number of anilines is 1. The predicted molar refractivity (Wildman–Crippen MR) is 85.9 cm³/mol. The average Bonchev–Trinajstić information content (AvgIpc) is 2.46. The Morgan fingerprint density at radius 1 is 1.09 bits per heavy atom. The molecule has 0 saturated carbocycles. The molecule has 0 spiro atoms. The number of halogens is 1. The Morgan fingerprint density at radius 3 is 2.22 bits per heavy atom. The maximum Gasteiger partial charge on any atom is 0.337 e. The number of aromatic carboxylic acids is 1. The summed E-state index contributed by atoms with van der Waals surface area (Å²) >= 11 is 5.81. The highest BCUT2D eigenvalue weighted by Gasteiger charge is 2.15. The smallest absolute Gasteiger partial charge is 0.337 e. The number of carbonyl (C=O) groups is 2. The second kappa shape index (κ2) is 6.39. The minimum Gasteiger partial charge on any atom is -0.478 e. The highest BCUT2D eigenvalue weighted by atomic mass is 35.5. The topological polar surface area (TPSA) is 101 Å². The van der Waals surface area contributed by atoms with Gasteiger partial charge in [-0.3, -0.25) is 4.79 Å². The first-order chi connectivity index (χ1) is 10.7. The van der Waals surface area contributed by atoms with Crippen molar-refractivity contribution in [3.63, 3.8) is 0 Å². The fourth-order valence-corrected chi connectivity index (χ4v) is 2.66. The van der Waals surface area contributed by atoms with E-state index in [0.717, 1.165) is 6.26 Å². The van der Waals surface area contributed by atoms with E-state index in [4.69, 9.17) is 16.7 Å². The van der Waals surface area contributed by atoms with Gasteiger partial charge in [-0.2, -0.15) is 0 Å². The first-order valence-corrected chi connectivity index (χ1v) is 8.60. The molecule has 6 nitrogen and oxygen atoms in total. The van der Waals surface area contributed by atoms with Gasteiger partial charge in [-0.1, -0.05) is 11.6 Å². The number of nitrogens with one attached hydrogen (secondary N) is 1. The van der Waals surface area contributed by atoms with Gasteiger partial charge in [0.05, 0.1) is 16.1 Å². The normalized spacial score (nSPS) is 11.0. The molecule has 120 valence electrons. The summed E-state index contributed by atoms with van der Waals surface area (Å²) in [5.74, 6) is -1.78. The SMILES string of the molecule is CS(=O)(=O)c1ccc(C(=O)Nc2cc(Cl)ccc2C(=O)O)cc1. The molecule has 2 N–H and O–H groups in total. The van der Waals surface area contributed by atoms with Gasteiger partial charge in [0, 0.05) is 16.8 Å². The Morgan fingerprint density at radius 2 is 1.70 bits per heavy atom. The number of sulfone groups is 1. The molecule has 0 radical (unpaired) electrons. The van der Waals surface area contributed by atoms with Gasteiger partial charge >= 0.3 is 5.97 Å². The van der Waals surface area contributed by atoms with Crippen LogP contribution < -0.4 is 5.32 Å². The van der Waals surface area contributed by atoms with E-state index in [-0.39, 0.29) is 26.7 Å². The Labute approximate surface area is 137 Å². The number of hydrogen-bond acceptors (Lipinski definition) is 4. The van der Waals surface area contributed by atoms with Crippen LogP contribution in [0.4, 0.5) is 5.69 Å². The van der Waals surface area contributed by atoms with E-state index in [2.05, 4.69) is 5.32 Å². The maximum absolute atomic E-state index is 12.2. The number of amides is 1. The van der Waals surface area contributed by atoms with E-state index in [1.807, 2.05) is 0 Å². The average molecular weight is 354 g/mol. The maximum atomic E-state index is 12.2. The first-order valence-electron chi connectivity index (χ1n) is 6.33. The zero-order valence-electron chi connectivity index (χ0n) is 11.9. The summed E-state index contributed by atoms with van der Waals surface area (Å²) in [5.41, 5.74) is 0.145. The van der Waals surface area contributed by atoms with Crippen LogP contribution in [0.1, 0.15) is 20.7 Å². The molecular formula is C15H12ClNO5S. The third kappa shape index (κ3) is 4.08. The van der Waals surface area contributed by atoms with Crippen LogP contribution in [0.15, 0.2) is 47.4 Å². The van der Waals surface area contributed by atoms with E-state index in [9.17, 15) is 18.0 Å². The molecule has 0 aromatic heterocycles. The summed E-state index contributed by atoms with van der Waals surface area (Å²) in [6.07, 6.45) is 1.06. The zero-order valence-corrected chi connectivity index (χ0v) is 13.5. The predicted octanol–water partition coefficient (Wildman–Crippen LogP) is 2.69. The number of hydrogen-bond donors (Lipinski definition) is 2. The number of carbonyl (C=O) groups excluding carboxylic acids is 1. The Bertz CT molecular complexity index is 875. The van der Waals surface area contributed by atoms with Gasteiger partial charge in [-0.05, 0) is 42.5 Å². The van der Waals surface area contributed by atoms with E-state index in [1.54, 1.807) is 0 Å². The first kappa shape index (κ1) is 17.0. The fourth-order valence-electron chi connectivity index (χ4n) is 1.85. The van der Waals surface area contributed by atoms with Crippen molar-refractivity contribution in [2.24, 2.45) is 0 Å². The third-order valence-electron chi connectivity index (χ3n) is 3.00. The van der Waals surface area contributed by atoms with Crippen LogP contribution in [-0.2, 0) is 9.84 Å². The minimum absolute atomic E-state index is 0.0576. The monoisotopic (exact) mass is 353 g/mol. The van der Waals surface area contributed by atoms with E-state index >= 15 is 0 Å². The quantitative estimate of drug-likeness (QED) is 0.880. The summed E-state index contributed by atoms with van der Waals surface area (Å²) in [6.45, 7) is 0. The zero-order chi connectivity index (χ0) is 17.2. The largest absolute Gasteiger partial charge is 0.478 e. The highest BCUT2D eigenvalue weighted by molar-refractivity contribution is 7.90. The molecule has 2 aromatic carbocycles. The molecular weight excluding hydrogens is 342 g/mol. The van der Waals surface area contributed by atoms with Gasteiger partial charge in [-0.25, -0.2) is 13.2 Å². The fraction of sp³-hybridized carbons (Fsp3) is 0.0667. The van der Waals surface area contributed by atoms with Crippen LogP contribution in [0.2, 0.25) is 5.02 Å². The van der Waals surface area contributed by atoms with Gasteiger partial charge < -0.3 is 10.4 Å². The van der Waals surface area contributed by atoms with Gasteiger partial charge in [0.2, 0.25) is 0 Å². The number of benzene rings is 2. The van der Waals surface area contributed by atoms with Crippen molar-refractivity contribution in [1.29, 1.82) is 0 Å². The molecule has 0 atom stereocenters. The summed E-state index contributed by atoms with van der Waals surface area (Å²) in [6, 6.07) is 9.32. The molecule has 0 fully saturated rings. The van der Waals surface area contributed by atoms with Crippen LogP contribution in [0, 0.1) is 0 Å². The highest BCUT2D eigenvalue weighted by Crippen LogP contribution is 2.22. The van der Waals surface area contributed by atoms with Crippen molar-refractivity contribution in [2.75, 3.05) is 11.6 Å². The number of carboxylic acid groups (broad SMARTS) is 1. The molecule has 8 heteroatoms. The van der Waals surface area contributed by atoms with Crippen LogP contribution in [0.3, 0.4) is 0 Å². The molecule has 2 aromatic rings. The molecule has 23 heavy (non-hydrogen) atoms. The van der Waals surface area contributed by atoms with E-state index in [0.29, 0.717) is 0 Å². The van der Waals surface area contributed by atoms with Crippen LogP contribution >= 0.6 is 11.6 Å². The van der Waals surface area contributed by atoms with E-state index in [1.165, 1.54) is 42.5 Å². The lowest BCUT2D eigenvalue weighted by atomic mass is 10.1. The molecule has 0 aliphatic heterocycles. The second-order valence-corrected chi connectivity index (χ2v) is 7.20. The lowest BCUT2D eigenvalue weighted by Gasteiger charge is -2.09. The van der Waals surface area contributed by atoms with Gasteiger partial charge in [0.1, 0.15) is 0 Å². The standard InChI is InChI=1S/C15H12ClNO5S/c1-23(21,22)11-5-2-9(3-6-11)14(18)17-13-8-10(16)4-7-12(13)15(19)20/h2-8H,1H3,(H,17,18)(H,19,20). The van der Waals surface area contributed by atoms with Gasteiger partial charge in [0.15, 0.2) is 9.84 Å². The Balaban J connectivity index is 2.29. The summed E-state index contributed by atoms with van der Waals surface area (Å²) in [7, 11) is -3.35. The molecule has 1 amide bonds. The minimum atomic E-state index is -3.35. The van der Waals surface area contributed by atoms with Crippen molar-refractivity contribution < 1.29 is 23.1 Å².